The second kappa shape index (κ2) is 8.03. The van der Waals surface area contributed by atoms with Crippen LogP contribution < -0.4 is 0 Å². The molecule has 0 N–H and O–H groups in total. The van der Waals surface area contributed by atoms with E-state index in [1.54, 1.807) is 0 Å². The first-order chi connectivity index (χ1) is 10.4. The van der Waals surface area contributed by atoms with Crippen LogP contribution >= 0.6 is 0 Å². The quantitative estimate of drug-likeness (QED) is 0.409. The molecule has 0 aliphatic heterocycles. The standard InChI is InChI=1S/C13H17N3O6/c1-3-14(4-2)7-8-22-13(17)11-6-5-10(15(18)19)9-12(11)16(20)21/h5-6,9H,3-4,7-8H2,1-2H3. The Hall–Kier alpha value is -2.55. The minimum Gasteiger partial charge on any atom is -0.461 e. The van der Waals surface area contributed by atoms with E-state index < -0.39 is 27.2 Å². The Morgan fingerprint density at radius 1 is 1.18 bits per heavy atom. The van der Waals surface area contributed by atoms with Crippen molar-refractivity contribution in [2.45, 2.75) is 13.8 Å². The van der Waals surface area contributed by atoms with Crippen LogP contribution in [0.4, 0.5) is 11.4 Å². The normalized spacial score (nSPS) is 10.5. The maximum atomic E-state index is 11.9. The van der Waals surface area contributed by atoms with Gasteiger partial charge in [0, 0.05) is 12.6 Å². The first-order valence-electron chi connectivity index (χ1n) is 6.73. The second-order valence-electron chi connectivity index (χ2n) is 4.38. The summed E-state index contributed by atoms with van der Waals surface area (Å²) in [7, 11) is 0. The number of carbonyl (C=O) groups is 1. The maximum Gasteiger partial charge on any atom is 0.345 e. The number of hydrogen-bond donors (Lipinski definition) is 0. The van der Waals surface area contributed by atoms with Crippen molar-refractivity contribution in [2.24, 2.45) is 0 Å². The lowest BCUT2D eigenvalue weighted by molar-refractivity contribution is -0.394. The number of non-ortho nitro benzene ring substituents is 1. The smallest absolute Gasteiger partial charge is 0.345 e. The molecule has 0 spiro atoms. The predicted molar refractivity (Wildman–Crippen MR) is 77.8 cm³/mol. The zero-order chi connectivity index (χ0) is 16.7. The number of rotatable bonds is 8. The molecule has 9 heteroatoms. The molecule has 22 heavy (non-hydrogen) atoms. The van der Waals surface area contributed by atoms with Crippen molar-refractivity contribution in [1.29, 1.82) is 0 Å². The van der Waals surface area contributed by atoms with Gasteiger partial charge in [0.25, 0.3) is 11.4 Å². The molecule has 0 aromatic heterocycles. The van der Waals surface area contributed by atoms with Gasteiger partial charge in [-0.25, -0.2) is 4.79 Å². The number of nitro benzene ring substituents is 2. The van der Waals surface area contributed by atoms with E-state index in [1.807, 2.05) is 18.7 Å². The van der Waals surface area contributed by atoms with Crippen LogP contribution in [-0.4, -0.2) is 47.0 Å². The Kier molecular flexibility index (Phi) is 6.39. The van der Waals surface area contributed by atoms with E-state index in [4.69, 9.17) is 4.74 Å². The van der Waals surface area contributed by atoms with E-state index in [2.05, 4.69) is 0 Å². The Balaban J connectivity index is 2.84. The molecule has 0 atom stereocenters. The molecular weight excluding hydrogens is 294 g/mol. The molecule has 1 aromatic rings. The Morgan fingerprint density at radius 2 is 1.82 bits per heavy atom. The third-order valence-electron chi connectivity index (χ3n) is 3.14. The van der Waals surface area contributed by atoms with Crippen molar-refractivity contribution in [2.75, 3.05) is 26.2 Å². The largest absolute Gasteiger partial charge is 0.461 e. The van der Waals surface area contributed by atoms with E-state index >= 15 is 0 Å². The minimum atomic E-state index is -0.867. The van der Waals surface area contributed by atoms with E-state index in [0.29, 0.717) is 6.54 Å². The maximum absolute atomic E-state index is 11.9. The fourth-order valence-electron chi connectivity index (χ4n) is 1.84. The highest BCUT2D eigenvalue weighted by atomic mass is 16.6. The second-order valence-corrected chi connectivity index (χ2v) is 4.38. The van der Waals surface area contributed by atoms with Crippen molar-refractivity contribution in [3.05, 3.63) is 44.0 Å². The van der Waals surface area contributed by atoms with Crippen LogP contribution in [0, 0.1) is 20.2 Å². The molecule has 0 saturated heterocycles. The topological polar surface area (TPSA) is 116 Å². The van der Waals surface area contributed by atoms with Gasteiger partial charge in [-0.1, -0.05) is 13.8 Å². The minimum absolute atomic E-state index is 0.0919. The molecule has 0 aliphatic carbocycles. The van der Waals surface area contributed by atoms with Crippen molar-refractivity contribution in [1.82, 2.24) is 4.90 Å². The van der Waals surface area contributed by atoms with Crippen molar-refractivity contribution in [3.63, 3.8) is 0 Å². The molecule has 9 nitrogen and oxygen atoms in total. The summed E-state index contributed by atoms with van der Waals surface area (Å²) in [6.07, 6.45) is 0. The van der Waals surface area contributed by atoms with Gasteiger partial charge in [0.2, 0.25) is 0 Å². The van der Waals surface area contributed by atoms with E-state index in [1.165, 1.54) is 0 Å². The van der Waals surface area contributed by atoms with Crippen LogP contribution in [0.2, 0.25) is 0 Å². The number of likely N-dealkylation sites (N-methyl/N-ethyl adjacent to an activating group) is 1. The lowest BCUT2D eigenvalue weighted by Gasteiger charge is -2.17. The number of esters is 1. The van der Waals surface area contributed by atoms with Gasteiger partial charge in [-0.3, -0.25) is 20.2 Å². The number of nitrogens with zero attached hydrogens (tertiary/aromatic N) is 3. The molecule has 0 radical (unpaired) electrons. The third kappa shape index (κ3) is 4.48. The number of hydrogen-bond acceptors (Lipinski definition) is 7. The third-order valence-corrected chi connectivity index (χ3v) is 3.14. The van der Waals surface area contributed by atoms with Crippen molar-refractivity contribution < 1.29 is 19.4 Å². The zero-order valence-electron chi connectivity index (χ0n) is 12.4. The first-order valence-corrected chi connectivity index (χ1v) is 6.73. The van der Waals surface area contributed by atoms with Gasteiger partial charge in [-0.15, -0.1) is 0 Å². The molecular formula is C13H17N3O6. The van der Waals surface area contributed by atoms with Gasteiger partial charge < -0.3 is 9.64 Å². The Bertz CT molecular complexity index is 571. The summed E-state index contributed by atoms with van der Waals surface area (Å²) in [6, 6.07) is 2.82. The van der Waals surface area contributed by atoms with E-state index in [-0.39, 0.29) is 12.2 Å². The molecule has 1 aromatic carbocycles. The average Bonchev–Trinajstić information content (AvgIpc) is 2.50. The number of nitro groups is 2. The molecule has 0 bridgehead atoms. The van der Waals surface area contributed by atoms with E-state index in [0.717, 1.165) is 31.3 Å². The summed E-state index contributed by atoms with van der Waals surface area (Å²) in [6.45, 7) is 6.13. The number of benzene rings is 1. The fraction of sp³-hybridized carbons (Fsp3) is 0.462. The average molecular weight is 311 g/mol. The fourth-order valence-corrected chi connectivity index (χ4v) is 1.84. The van der Waals surface area contributed by atoms with Gasteiger partial charge in [0.1, 0.15) is 12.2 Å². The van der Waals surface area contributed by atoms with Crippen LogP contribution in [0.5, 0.6) is 0 Å². The molecule has 0 fully saturated rings. The van der Waals surface area contributed by atoms with E-state index in [9.17, 15) is 25.0 Å². The number of ether oxygens (including phenoxy) is 1. The SMILES string of the molecule is CCN(CC)CCOC(=O)c1ccc([N+](=O)[O-])cc1[N+](=O)[O-]. The summed E-state index contributed by atoms with van der Waals surface area (Å²) in [5.74, 6) is -0.867. The molecule has 0 amide bonds. The zero-order valence-corrected chi connectivity index (χ0v) is 12.4. The van der Waals surface area contributed by atoms with Crippen LogP contribution in [0.1, 0.15) is 24.2 Å². The van der Waals surface area contributed by atoms with Crippen molar-refractivity contribution in [3.8, 4) is 0 Å². The monoisotopic (exact) mass is 311 g/mol. The van der Waals surface area contributed by atoms with Crippen LogP contribution in [0.25, 0.3) is 0 Å². The van der Waals surface area contributed by atoms with Crippen LogP contribution in [0.15, 0.2) is 18.2 Å². The highest BCUT2D eigenvalue weighted by Gasteiger charge is 2.25. The first kappa shape index (κ1) is 17.5. The number of carbonyl (C=O) groups excluding carboxylic acids is 1. The highest BCUT2D eigenvalue weighted by molar-refractivity contribution is 5.94. The molecule has 0 saturated carbocycles. The van der Waals surface area contributed by atoms with Gasteiger partial charge in [-0.2, -0.15) is 0 Å². The van der Waals surface area contributed by atoms with Gasteiger partial charge >= 0.3 is 5.97 Å². The summed E-state index contributed by atoms with van der Waals surface area (Å²) < 4.78 is 5.00. The molecule has 0 unspecified atom stereocenters. The Labute approximate surface area is 126 Å². The van der Waals surface area contributed by atoms with Gasteiger partial charge in [-0.05, 0) is 19.2 Å². The summed E-state index contributed by atoms with van der Waals surface area (Å²) in [4.78, 5) is 33.9. The van der Waals surface area contributed by atoms with Gasteiger partial charge in [0.15, 0.2) is 0 Å². The summed E-state index contributed by atoms with van der Waals surface area (Å²) in [5, 5.41) is 21.6. The summed E-state index contributed by atoms with van der Waals surface area (Å²) >= 11 is 0. The van der Waals surface area contributed by atoms with Crippen molar-refractivity contribution >= 4 is 17.3 Å². The van der Waals surface area contributed by atoms with Crippen LogP contribution in [-0.2, 0) is 4.74 Å². The lowest BCUT2D eigenvalue weighted by atomic mass is 10.1. The van der Waals surface area contributed by atoms with Crippen LogP contribution in [0.3, 0.4) is 0 Å². The Morgan fingerprint density at radius 3 is 2.32 bits per heavy atom. The highest BCUT2D eigenvalue weighted by Crippen LogP contribution is 2.25. The lowest BCUT2D eigenvalue weighted by Crippen LogP contribution is -2.28. The predicted octanol–water partition coefficient (Wildman–Crippen LogP) is 2.00. The molecule has 120 valence electrons. The molecule has 0 aliphatic rings. The summed E-state index contributed by atoms with van der Waals surface area (Å²) in [5.41, 5.74) is -1.39. The molecule has 0 heterocycles. The molecule has 1 rings (SSSR count). The van der Waals surface area contributed by atoms with Gasteiger partial charge in [0.05, 0.1) is 15.9 Å².